The number of aryl methyl sites for hydroxylation is 1. The number of carbonyl (C=O) groups is 2. The Bertz CT molecular complexity index is 472. The molecule has 7 heteroatoms. The normalized spacial score (nSPS) is 19.8. The Hall–Kier alpha value is -1.08. The van der Waals surface area contributed by atoms with Gasteiger partial charge < -0.3 is 4.74 Å². The second-order valence-electron chi connectivity index (χ2n) is 3.76. The molecule has 1 aromatic rings. The van der Waals surface area contributed by atoms with Crippen molar-refractivity contribution in [3.05, 3.63) is 10.6 Å². The van der Waals surface area contributed by atoms with E-state index in [4.69, 9.17) is 0 Å². The molecule has 0 aliphatic carbocycles. The Morgan fingerprint density at radius 3 is 2.88 bits per heavy atom. The fourth-order valence-electron chi connectivity index (χ4n) is 1.65. The van der Waals surface area contributed by atoms with Gasteiger partial charge in [-0.15, -0.1) is 0 Å². The van der Waals surface area contributed by atoms with Crippen LogP contribution in [0.2, 0.25) is 0 Å². The Morgan fingerprint density at radius 2 is 2.35 bits per heavy atom. The van der Waals surface area contributed by atoms with Gasteiger partial charge in [0, 0.05) is 18.2 Å². The van der Waals surface area contributed by atoms with Gasteiger partial charge in [-0.3, -0.25) is 9.69 Å². The third-order valence-corrected chi connectivity index (χ3v) is 4.00. The summed E-state index contributed by atoms with van der Waals surface area (Å²) in [4.78, 5) is 29.4. The van der Waals surface area contributed by atoms with E-state index in [1.54, 1.807) is 11.8 Å². The maximum absolute atomic E-state index is 11.7. The van der Waals surface area contributed by atoms with Crippen molar-refractivity contribution < 1.29 is 14.3 Å². The molecular formula is C10H12N2O3S2. The first-order valence-corrected chi connectivity index (χ1v) is 6.40. The molecule has 5 nitrogen and oxygen atoms in total. The zero-order chi connectivity index (χ0) is 12.6. The molecule has 1 aliphatic rings. The zero-order valence-electron chi connectivity index (χ0n) is 9.47. The van der Waals surface area contributed by atoms with E-state index in [0.717, 1.165) is 0 Å². The maximum atomic E-state index is 11.7. The number of hydrogen-bond donors (Lipinski definition) is 1. The summed E-state index contributed by atoms with van der Waals surface area (Å²) in [6, 6.07) is 0. The first-order chi connectivity index (χ1) is 8.02. The SMILES string of the molecule is COC(=O)c1sc(N2CC(S)CC2=O)nc1C. The summed E-state index contributed by atoms with van der Waals surface area (Å²) in [6.07, 6.45) is 0.412. The molecule has 0 bridgehead atoms. The van der Waals surface area contributed by atoms with Crippen molar-refractivity contribution in [1.29, 1.82) is 0 Å². The number of rotatable bonds is 2. The lowest BCUT2D eigenvalue weighted by atomic mass is 10.4. The number of thiazole rings is 1. The lowest BCUT2D eigenvalue weighted by molar-refractivity contribution is -0.117. The number of esters is 1. The van der Waals surface area contributed by atoms with E-state index < -0.39 is 5.97 Å². The summed E-state index contributed by atoms with van der Waals surface area (Å²) in [6.45, 7) is 2.26. The molecule has 0 aromatic carbocycles. The van der Waals surface area contributed by atoms with Crippen LogP contribution in [0.4, 0.5) is 5.13 Å². The molecule has 92 valence electrons. The summed E-state index contributed by atoms with van der Waals surface area (Å²) in [5.41, 5.74) is 0.590. The molecular weight excluding hydrogens is 260 g/mol. The minimum absolute atomic E-state index is 0.00448. The Morgan fingerprint density at radius 1 is 1.65 bits per heavy atom. The molecule has 1 aromatic heterocycles. The number of thiol groups is 1. The highest BCUT2D eigenvalue weighted by Crippen LogP contribution is 2.30. The summed E-state index contributed by atoms with van der Waals surface area (Å²) in [5, 5.41) is 0.581. The highest BCUT2D eigenvalue weighted by atomic mass is 32.1. The summed E-state index contributed by atoms with van der Waals surface area (Å²) < 4.78 is 4.65. The van der Waals surface area contributed by atoms with Crippen LogP contribution in [0.15, 0.2) is 0 Å². The van der Waals surface area contributed by atoms with Crippen LogP contribution < -0.4 is 4.90 Å². The van der Waals surface area contributed by atoms with Crippen molar-refractivity contribution in [2.75, 3.05) is 18.6 Å². The Kier molecular flexibility index (Phi) is 3.39. The molecule has 0 spiro atoms. The van der Waals surface area contributed by atoms with Crippen LogP contribution in [0.1, 0.15) is 21.8 Å². The van der Waals surface area contributed by atoms with E-state index in [9.17, 15) is 9.59 Å². The van der Waals surface area contributed by atoms with Gasteiger partial charge in [-0.25, -0.2) is 9.78 Å². The predicted octanol–water partition coefficient (Wildman–Crippen LogP) is 1.27. The first-order valence-electron chi connectivity index (χ1n) is 5.07. The molecule has 1 amide bonds. The van der Waals surface area contributed by atoms with E-state index in [-0.39, 0.29) is 11.2 Å². The monoisotopic (exact) mass is 272 g/mol. The molecule has 2 rings (SSSR count). The van der Waals surface area contributed by atoms with Crippen LogP contribution >= 0.6 is 24.0 Å². The van der Waals surface area contributed by atoms with Gasteiger partial charge in [-0.05, 0) is 6.92 Å². The summed E-state index contributed by atoms with van der Waals surface area (Å²) in [5.74, 6) is -0.421. The highest BCUT2D eigenvalue weighted by Gasteiger charge is 2.31. The van der Waals surface area contributed by atoms with Crippen molar-refractivity contribution >= 4 is 41.0 Å². The fraction of sp³-hybridized carbons (Fsp3) is 0.500. The zero-order valence-corrected chi connectivity index (χ0v) is 11.2. The van der Waals surface area contributed by atoms with Crippen LogP contribution in [0.5, 0.6) is 0 Å². The number of aromatic nitrogens is 1. The molecule has 2 heterocycles. The number of hydrogen-bond acceptors (Lipinski definition) is 6. The molecule has 17 heavy (non-hydrogen) atoms. The average molecular weight is 272 g/mol. The standard InChI is InChI=1S/C10H12N2O3S2/c1-5-8(9(14)15-2)17-10(11-5)12-4-6(16)3-7(12)13/h6,16H,3-4H2,1-2H3. The van der Waals surface area contributed by atoms with Crippen molar-refractivity contribution in [3.63, 3.8) is 0 Å². The second-order valence-corrected chi connectivity index (χ2v) is 5.47. The quantitative estimate of drug-likeness (QED) is 0.650. The van der Waals surface area contributed by atoms with Crippen LogP contribution in [0.25, 0.3) is 0 Å². The maximum Gasteiger partial charge on any atom is 0.350 e. The van der Waals surface area contributed by atoms with Crippen LogP contribution in [-0.4, -0.2) is 35.8 Å². The van der Waals surface area contributed by atoms with Gasteiger partial charge in [-0.1, -0.05) is 11.3 Å². The lowest BCUT2D eigenvalue weighted by Crippen LogP contribution is -2.24. The number of anilines is 1. The van der Waals surface area contributed by atoms with Crippen molar-refractivity contribution in [1.82, 2.24) is 4.98 Å². The largest absolute Gasteiger partial charge is 0.465 e. The van der Waals surface area contributed by atoms with E-state index in [0.29, 0.717) is 28.7 Å². The molecule has 1 aliphatic heterocycles. The molecule has 0 saturated carbocycles. The van der Waals surface area contributed by atoms with E-state index in [2.05, 4.69) is 22.3 Å². The third kappa shape index (κ3) is 2.30. The number of carbonyl (C=O) groups excluding carboxylic acids is 2. The van der Waals surface area contributed by atoms with E-state index in [1.165, 1.54) is 18.4 Å². The second kappa shape index (κ2) is 4.66. The van der Waals surface area contributed by atoms with Gasteiger partial charge in [0.05, 0.1) is 12.8 Å². The summed E-state index contributed by atoms with van der Waals surface area (Å²) >= 11 is 5.46. The van der Waals surface area contributed by atoms with Crippen molar-refractivity contribution in [2.45, 2.75) is 18.6 Å². The molecule has 1 saturated heterocycles. The first kappa shape index (κ1) is 12.4. The predicted molar refractivity (Wildman–Crippen MR) is 67.9 cm³/mol. The topological polar surface area (TPSA) is 59.5 Å². The minimum Gasteiger partial charge on any atom is -0.465 e. The lowest BCUT2D eigenvalue weighted by Gasteiger charge is -2.10. The van der Waals surface area contributed by atoms with E-state index in [1.807, 2.05) is 0 Å². The number of ether oxygens (including phenoxy) is 1. The number of amides is 1. The smallest absolute Gasteiger partial charge is 0.350 e. The molecule has 1 unspecified atom stereocenters. The van der Waals surface area contributed by atoms with Gasteiger partial charge >= 0.3 is 5.97 Å². The van der Waals surface area contributed by atoms with Gasteiger partial charge in [0.2, 0.25) is 5.91 Å². The van der Waals surface area contributed by atoms with Crippen LogP contribution in [-0.2, 0) is 9.53 Å². The van der Waals surface area contributed by atoms with Gasteiger partial charge in [0.15, 0.2) is 5.13 Å². The van der Waals surface area contributed by atoms with Crippen LogP contribution in [0.3, 0.4) is 0 Å². The van der Waals surface area contributed by atoms with Gasteiger partial charge in [-0.2, -0.15) is 12.6 Å². The highest BCUT2D eigenvalue weighted by molar-refractivity contribution is 7.81. The van der Waals surface area contributed by atoms with Crippen LogP contribution in [0, 0.1) is 6.92 Å². The van der Waals surface area contributed by atoms with Crippen molar-refractivity contribution in [2.24, 2.45) is 0 Å². The Balaban J connectivity index is 2.29. The Labute approximate surface area is 108 Å². The van der Waals surface area contributed by atoms with Gasteiger partial charge in [0.1, 0.15) is 4.88 Å². The molecule has 0 N–H and O–H groups in total. The molecule has 1 fully saturated rings. The number of methoxy groups -OCH3 is 1. The van der Waals surface area contributed by atoms with Gasteiger partial charge in [0.25, 0.3) is 0 Å². The van der Waals surface area contributed by atoms with Crippen molar-refractivity contribution in [3.8, 4) is 0 Å². The molecule has 0 radical (unpaired) electrons. The minimum atomic E-state index is -0.416. The molecule has 1 atom stereocenters. The average Bonchev–Trinajstić information content (AvgIpc) is 2.80. The number of nitrogens with zero attached hydrogens (tertiary/aromatic N) is 2. The van der Waals surface area contributed by atoms with E-state index >= 15 is 0 Å². The third-order valence-electron chi connectivity index (χ3n) is 2.49. The fourth-order valence-corrected chi connectivity index (χ4v) is 2.98. The summed E-state index contributed by atoms with van der Waals surface area (Å²) in [7, 11) is 1.33.